The summed E-state index contributed by atoms with van der Waals surface area (Å²) in [6.45, 7) is 1.03. The van der Waals surface area contributed by atoms with Crippen LogP contribution in [0.5, 0.6) is 0 Å². The van der Waals surface area contributed by atoms with Crippen molar-refractivity contribution in [3.63, 3.8) is 0 Å². The van der Waals surface area contributed by atoms with E-state index in [0.29, 0.717) is 0 Å². The molecule has 1 atom stereocenters. The predicted molar refractivity (Wildman–Crippen MR) is 66.8 cm³/mol. The van der Waals surface area contributed by atoms with Crippen LogP contribution in [0.25, 0.3) is 0 Å². The molecule has 98 valence electrons. The summed E-state index contributed by atoms with van der Waals surface area (Å²) in [7, 11) is 2.07. The molecule has 4 nitrogen and oxygen atoms in total. The van der Waals surface area contributed by atoms with Crippen molar-refractivity contribution in [2.45, 2.75) is 57.0 Å². The summed E-state index contributed by atoms with van der Waals surface area (Å²) in [6.07, 6.45) is 6.60. The first-order chi connectivity index (χ1) is 8.06. The van der Waals surface area contributed by atoms with Crippen LogP contribution in [0.15, 0.2) is 0 Å². The van der Waals surface area contributed by atoms with Crippen LogP contribution in [-0.2, 0) is 4.79 Å². The first-order valence-corrected chi connectivity index (χ1v) is 6.75. The maximum atomic E-state index is 11.8. The molecule has 2 aliphatic rings. The van der Waals surface area contributed by atoms with E-state index in [-0.39, 0.29) is 12.1 Å². The fraction of sp³-hybridized carbons (Fsp3) is 0.923. The first kappa shape index (κ1) is 12.8. The molecule has 0 amide bonds. The van der Waals surface area contributed by atoms with Gasteiger partial charge in [0, 0.05) is 12.1 Å². The normalized spacial score (nSPS) is 40.1. The van der Waals surface area contributed by atoms with Crippen molar-refractivity contribution in [1.82, 2.24) is 4.90 Å². The van der Waals surface area contributed by atoms with E-state index in [0.717, 1.165) is 45.1 Å². The van der Waals surface area contributed by atoms with Crippen molar-refractivity contribution < 1.29 is 9.90 Å². The van der Waals surface area contributed by atoms with Gasteiger partial charge in [-0.1, -0.05) is 6.42 Å². The van der Waals surface area contributed by atoms with E-state index in [9.17, 15) is 9.90 Å². The van der Waals surface area contributed by atoms with Crippen LogP contribution < -0.4 is 5.73 Å². The van der Waals surface area contributed by atoms with Gasteiger partial charge >= 0.3 is 5.97 Å². The van der Waals surface area contributed by atoms with Crippen LogP contribution in [-0.4, -0.2) is 41.7 Å². The number of carboxylic acid groups (broad SMARTS) is 1. The number of hydrogen-bond acceptors (Lipinski definition) is 3. The predicted octanol–water partition coefficient (Wildman–Crippen LogP) is 1.44. The lowest BCUT2D eigenvalue weighted by Crippen LogP contribution is -2.55. The molecule has 3 N–H and O–H groups in total. The number of nitrogens with zero attached hydrogens (tertiary/aromatic N) is 1. The van der Waals surface area contributed by atoms with E-state index < -0.39 is 11.4 Å². The molecule has 1 aliphatic carbocycles. The van der Waals surface area contributed by atoms with E-state index >= 15 is 0 Å². The monoisotopic (exact) mass is 240 g/mol. The van der Waals surface area contributed by atoms with Crippen molar-refractivity contribution in [3.8, 4) is 0 Å². The number of carboxylic acids is 1. The molecule has 1 saturated carbocycles. The Labute approximate surface area is 103 Å². The molecule has 2 rings (SSSR count). The summed E-state index contributed by atoms with van der Waals surface area (Å²) in [5.74, 6) is -0.608. The Bertz CT molecular complexity index is 285. The van der Waals surface area contributed by atoms with Gasteiger partial charge in [-0.2, -0.15) is 0 Å². The Morgan fingerprint density at radius 2 is 1.94 bits per heavy atom. The Balaban J connectivity index is 2.18. The quantitative estimate of drug-likeness (QED) is 0.766. The van der Waals surface area contributed by atoms with Gasteiger partial charge in [-0.3, -0.25) is 4.79 Å². The zero-order valence-corrected chi connectivity index (χ0v) is 10.7. The smallest absolute Gasteiger partial charge is 0.311 e. The van der Waals surface area contributed by atoms with Gasteiger partial charge in [0.2, 0.25) is 0 Å². The third kappa shape index (κ3) is 2.33. The molecule has 1 heterocycles. The summed E-state index contributed by atoms with van der Waals surface area (Å²) in [6, 6.07) is 0.414. The summed E-state index contributed by atoms with van der Waals surface area (Å²) in [5, 5.41) is 9.68. The summed E-state index contributed by atoms with van der Waals surface area (Å²) >= 11 is 0. The second-order valence-electron chi connectivity index (χ2n) is 5.79. The third-order valence-electron chi connectivity index (χ3n) is 4.76. The minimum Gasteiger partial charge on any atom is -0.481 e. The van der Waals surface area contributed by atoms with Crippen LogP contribution in [0.2, 0.25) is 0 Å². The third-order valence-corrected chi connectivity index (χ3v) is 4.76. The van der Waals surface area contributed by atoms with Crippen molar-refractivity contribution in [2.75, 3.05) is 13.6 Å². The number of likely N-dealkylation sites (tertiary alicyclic amines) is 1. The maximum absolute atomic E-state index is 11.8. The van der Waals surface area contributed by atoms with Crippen LogP contribution in [0, 0.1) is 5.41 Å². The molecule has 0 aromatic heterocycles. The summed E-state index contributed by atoms with van der Waals surface area (Å²) in [5.41, 5.74) is 5.38. The number of carbonyl (C=O) groups is 1. The highest BCUT2D eigenvalue weighted by atomic mass is 16.4. The number of aliphatic carboxylic acids is 1. The molecular formula is C13H24N2O2. The average molecular weight is 240 g/mol. The van der Waals surface area contributed by atoms with E-state index in [1.807, 2.05) is 0 Å². The number of piperidine rings is 1. The summed E-state index contributed by atoms with van der Waals surface area (Å²) < 4.78 is 0. The van der Waals surface area contributed by atoms with E-state index in [4.69, 9.17) is 5.73 Å². The van der Waals surface area contributed by atoms with Gasteiger partial charge in [-0.15, -0.1) is 0 Å². The lowest BCUT2D eigenvalue weighted by atomic mass is 9.65. The van der Waals surface area contributed by atoms with Crippen LogP contribution in [0.4, 0.5) is 0 Å². The topological polar surface area (TPSA) is 66.6 Å². The van der Waals surface area contributed by atoms with Crippen molar-refractivity contribution in [3.05, 3.63) is 0 Å². The maximum Gasteiger partial charge on any atom is 0.311 e. The highest BCUT2D eigenvalue weighted by Crippen LogP contribution is 2.44. The van der Waals surface area contributed by atoms with Gasteiger partial charge in [0.25, 0.3) is 0 Å². The molecular weight excluding hydrogens is 216 g/mol. The highest BCUT2D eigenvalue weighted by molar-refractivity contribution is 5.76. The van der Waals surface area contributed by atoms with Crippen LogP contribution in [0.3, 0.4) is 0 Å². The van der Waals surface area contributed by atoms with E-state index in [1.165, 1.54) is 6.42 Å². The van der Waals surface area contributed by atoms with Gasteiger partial charge in [0.15, 0.2) is 0 Å². The average Bonchev–Trinajstić information content (AvgIpc) is 2.31. The lowest BCUT2D eigenvalue weighted by Gasteiger charge is -2.47. The molecule has 0 radical (unpaired) electrons. The fourth-order valence-corrected chi connectivity index (χ4v) is 3.62. The molecule has 2 fully saturated rings. The largest absolute Gasteiger partial charge is 0.481 e. The van der Waals surface area contributed by atoms with Crippen LogP contribution in [0.1, 0.15) is 44.9 Å². The van der Waals surface area contributed by atoms with Crippen molar-refractivity contribution in [1.29, 1.82) is 0 Å². The molecule has 4 heteroatoms. The fourth-order valence-electron chi connectivity index (χ4n) is 3.62. The molecule has 0 aromatic carbocycles. The first-order valence-electron chi connectivity index (χ1n) is 6.75. The SMILES string of the molecule is CN1CCCCC1C1(C(=O)O)CCC(N)CC1. The lowest BCUT2D eigenvalue weighted by molar-refractivity contribution is -0.157. The summed E-state index contributed by atoms with van der Waals surface area (Å²) in [4.78, 5) is 14.0. The van der Waals surface area contributed by atoms with Gasteiger partial charge in [-0.25, -0.2) is 0 Å². The van der Waals surface area contributed by atoms with Gasteiger partial charge in [0.1, 0.15) is 0 Å². The zero-order chi connectivity index (χ0) is 12.5. The second-order valence-corrected chi connectivity index (χ2v) is 5.79. The zero-order valence-electron chi connectivity index (χ0n) is 10.7. The molecule has 1 saturated heterocycles. The van der Waals surface area contributed by atoms with Crippen LogP contribution >= 0.6 is 0 Å². The minimum atomic E-state index is -0.608. The second kappa shape index (κ2) is 4.94. The molecule has 0 spiro atoms. The van der Waals surface area contributed by atoms with Crippen molar-refractivity contribution in [2.24, 2.45) is 11.1 Å². The standard InChI is InChI=1S/C13H24N2O2/c1-15-9-3-2-4-11(15)13(12(16)17)7-5-10(14)6-8-13/h10-11H,2-9,14H2,1H3,(H,16,17). The van der Waals surface area contributed by atoms with E-state index in [2.05, 4.69) is 11.9 Å². The van der Waals surface area contributed by atoms with Crippen molar-refractivity contribution >= 4 is 5.97 Å². The minimum absolute atomic E-state index is 0.205. The number of nitrogens with two attached hydrogens (primary N) is 1. The molecule has 0 bridgehead atoms. The highest BCUT2D eigenvalue weighted by Gasteiger charge is 2.49. The Hall–Kier alpha value is -0.610. The molecule has 1 unspecified atom stereocenters. The van der Waals surface area contributed by atoms with Gasteiger partial charge in [-0.05, 0) is 52.1 Å². The van der Waals surface area contributed by atoms with Gasteiger partial charge in [0.05, 0.1) is 5.41 Å². The molecule has 0 aromatic rings. The number of hydrogen-bond donors (Lipinski definition) is 2. The molecule has 1 aliphatic heterocycles. The van der Waals surface area contributed by atoms with E-state index in [1.54, 1.807) is 0 Å². The Morgan fingerprint density at radius 1 is 1.29 bits per heavy atom. The van der Waals surface area contributed by atoms with Gasteiger partial charge < -0.3 is 15.7 Å². The Morgan fingerprint density at radius 3 is 2.47 bits per heavy atom. The number of rotatable bonds is 2. The molecule has 17 heavy (non-hydrogen) atoms. The Kier molecular flexibility index (Phi) is 3.73.